The molecule has 2 heterocycles. The molecule has 2 aromatic heterocycles. The van der Waals surface area contributed by atoms with Crippen molar-refractivity contribution in [1.82, 2.24) is 10.1 Å². The van der Waals surface area contributed by atoms with E-state index in [9.17, 15) is 0 Å². The van der Waals surface area contributed by atoms with E-state index >= 15 is 0 Å². The fraction of sp³-hybridized carbons (Fsp3) is 0. The van der Waals surface area contributed by atoms with Crippen molar-refractivity contribution in [3.63, 3.8) is 0 Å². The minimum atomic E-state index is 0.794. The number of aromatic nitrogens is 2. The lowest BCUT2D eigenvalue weighted by atomic mass is 10.0. The lowest BCUT2D eigenvalue weighted by Crippen LogP contribution is -1.80. The first-order valence-electron chi connectivity index (χ1n) is 6.86. The lowest BCUT2D eigenvalue weighted by Gasteiger charge is -2.04. The summed E-state index contributed by atoms with van der Waals surface area (Å²) >= 11 is 0. The number of hydrogen-bond donors (Lipinski definition) is 0. The lowest BCUT2D eigenvalue weighted by molar-refractivity contribution is 0.442. The van der Waals surface area contributed by atoms with Gasteiger partial charge >= 0.3 is 0 Å². The summed E-state index contributed by atoms with van der Waals surface area (Å²) in [4.78, 5) is 4.73. The van der Waals surface area contributed by atoms with Gasteiger partial charge in [-0.05, 0) is 29.7 Å². The quantitative estimate of drug-likeness (QED) is 0.383. The Morgan fingerprint density at radius 3 is 2.62 bits per heavy atom. The summed E-state index contributed by atoms with van der Waals surface area (Å²) in [6.45, 7) is 0. The highest BCUT2D eigenvalue weighted by molar-refractivity contribution is 6.26. The Morgan fingerprint density at radius 1 is 0.714 bits per heavy atom. The Kier molecular flexibility index (Phi) is 1.95. The molecule has 0 unspecified atom stereocenters. The van der Waals surface area contributed by atoms with Crippen LogP contribution in [0.1, 0.15) is 0 Å². The molecule has 0 saturated heterocycles. The highest BCUT2D eigenvalue weighted by atomic mass is 16.5. The highest BCUT2D eigenvalue weighted by Gasteiger charge is 2.12. The molecular formula is C18H10N2O. The first kappa shape index (κ1) is 10.8. The third-order valence-corrected chi connectivity index (χ3v) is 4.03. The van der Waals surface area contributed by atoms with Crippen molar-refractivity contribution in [2.45, 2.75) is 0 Å². The van der Waals surface area contributed by atoms with Gasteiger partial charge in [0.1, 0.15) is 0 Å². The monoisotopic (exact) mass is 270 g/mol. The van der Waals surface area contributed by atoms with Crippen LogP contribution in [-0.4, -0.2) is 10.1 Å². The number of fused-ring (bicyclic) bond motifs is 7. The second-order valence-corrected chi connectivity index (χ2v) is 5.18. The highest BCUT2D eigenvalue weighted by Crippen LogP contribution is 2.35. The van der Waals surface area contributed by atoms with Crippen LogP contribution in [0.4, 0.5) is 0 Å². The molecule has 0 bridgehead atoms. The summed E-state index contributed by atoms with van der Waals surface area (Å²) in [5.74, 6) is 0. The number of hydrogen-bond acceptors (Lipinski definition) is 3. The van der Waals surface area contributed by atoms with Crippen LogP contribution in [0.15, 0.2) is 65.3 Å². The van der Waals surface area contributed by atoms with Gasteiger partial charge in [0.2, 0.25) is 0 Å². The maximum Gasteiger partial charge on any atom is 0.165 e. The van der Waals surface area contributed by atoms with Gasteiger partial charge in [0, 0.05) is 21.5 Å². The Balaban J connectivity index is 2.19. The summed E-state index contributed by atoms with van der Waals surface area (Å²) in [5.41, 5.74) is 2.85. The van der Waals surface area contributed by atoms with E-state index in [1.807, 2.05) is 18.2 Å². The van der Waals surface area contributed by atoms with Crippen molar-refractivity contribution in [3.8, 4) is 0 Å². The molecule has 0 saturated carbocycles. The van der Waals surface area contributed by atoms with Crippen LogP contribution in [0.25, 0.3) is 43.5 Å². The second-order valence-electron chi connectivity index (χ2n) is 5.18. The maximum atomic E-state index is 5.39. The normalized spacial score (nSPS) is 11.8. The molecule has 98 valence electrons. The van der Waals surface area contributed by atoms with Crippen LogP contribution < -0.4 is 0 Å². The van der Waals surface area contributed by atoms with Crippen LogP contribution >= 0.6 is 0 Å². The second kappa shape index (κ2) is 3.79. The zero-order chi connectivity index (χ0) is 13.8. The SMILES string of the molecule is c1ccc2c(c1)nc1ccc3ccc4onccc4c3c12. The first-order chi connectivity index (χ1) is 10.4. The molecule has 0 N–H and O–H groups in total. The zero-order valence-corrected chi connectivity index (χ0v) is 11.1. The molecule has 0 amide bonds. The summed E-state index contributed by atoms with van der Waals surface area (Å²) in [6, 6.07) is 18.5. The molecular weight excluding hydrogens is 260 g/mol. The van der Waals surface area contributed by atoms with Crippen LogP contribution in [0.5, 0.6) is 0 Å². The van der Waals surface area contributed by atoms with E-state index in [0.717, 1.165) is 22.0 Å². The van der Waals surface area contributed by atoms with Crippen molar-refractivity contribution >= 4 is 43.5 Å². The molecule has 0 aliphatic carbocycles. The molecule has 21 heavy (non-hydrogen) atoms. The van der Waals surface area contributed by atoms with E-state index in [1.165, 1.54) is 21.5 Å². The molecule has 0 radical (unpaired) electrons. The molecule has 0 fully saturated rings. The van der Waals surface area contributed by atoms with Crippen LogP contribution in [0.3, 0.4) is 0 Å². The number of benzene rings is 3. The topological polar surface area (TPSA) is 38.9 Å². The molecule has 3 heteroatoms. The smallest absolute Gasteiger partial charge is 0.165 e. The van der Waals surface area contributed by atoms with Gasteiger partial charge in [-0.1, -0.05) is 35.5 Å². The van der Waals surface area contributed by atoms with Gasteiger partial charge in [0.15, 0.2) is 5.58 Å². The zero-order valence-electron chi connectivity index (χ0n) is 11.1. The minimum Gasteiger partial charge on any atom is -0.356 e. The number of rotatable bonds is 0. The van der Waals surface area contributed by atoms with E-state index in [0.29, 0.717) is 0 Å². The largest absolute Gasteiger partial charge is 0.356 e. The number of nitrogens with zero attached hydrogens (tertiary/aromatic N) is 2. The van der Waals surface area contributed by atoms with Gasteiger partial charge < -0.3 is 4.52 Å². The average molecular weight is 270 g/mol. The Bertz CT molecular complexity index is 1140. The Morgan fingerprint density at radius 2 is 1.62 bits per heavy atom. The molecule has 0 aliphatic rings. The van der Waals surface area contributed by atoms with Gasteiger partial charge in [0.05, 0.1) is 17.2 Å². The van der Waals surface area contributed by atoms with Gasteiger partial charge in [-0.2, -0.15) is 0 Å². The van der Waals surface area contributed by atoms with Crippen molar-refractivity contribution in [2.24, 2.45) is 0 Å². The summed E-state index contributed by atoms with van der Waals surface area (Å²) in [5, 5.41) is 9.68. The molecule has 5 rings (SSSR count). The Hall–Kier alpha value is -2.94. The molecule has 5 aromatic rings. The fourth-order valence-corrected chi connectivity index (χ4v) is 3.13. The standard InChI is InChI=1S/C18H10N2O/c1-2-4-14-12(3-1)18-15(20-14)7-5-11-6-8-16-13(17(11)18)9-10-19-21-16/h1-10H. The molecule has 3 aromatic carbocycles. The molecule has 0 atom stereocenters. The third-order valence-electron chi connectivity index (χ3n) is 4.03. The van der Waals surface area contributed by atoms with E-state index in [4.69, 9.17) is 9.51 Å². The Labute approximate surface area is 119 Å². The molecule has 0 spiro atoms. The summed E-state index contributed by atoms with van der Waals surface area (Å²) < 4.78 is 5.39. The predicted octanol–water partition coefficient (Wildman–Crippen LogP) is 4.68. The third kappa shape index (κ3) is 1.37. The average Bonchev–Trinajstić information content (AvgIpc) is 2.93. The maximum absolute atomic E-state index is 5.39. The van der Waals surface area contributed by atoms with Gasteiger partial charge in [-0.25, -0.2) is 4.98 Å². The van der Waals surface area contributed by atoms with Crippen LogP contribution in [-0.2, 0) is 0 Å². The molecule has 3 nitrogen and oxygen atoms in total. The van der Waals surface area contributed by atoms with E-state index in [2.05, 4.69) is 41.6 Å². The van der Waals surface area contributed by atoms with Gasteiger partial charge in [-0.15, -0.1) is 0 Å². The van der Waals surface area contributed by atoms with E-state index in [-0.39, 0.29) is 0 Å². The fourth-order valence-electron chi connectivity index (χ4n) is 3.13. The number of para-hydroxylation sites is 1. The van der Waals surface area contributed by atoms with Crippen molar-refractivity contribution in [2.75, 3.05) is 0 Å². The van der Waals surface area contributed by atoms with Gasteiger partial charge in [-0.3, -0.25) is 0 Å². The van der Waals surface area contributed by atoms with E-state index in [1.54, 1.807) is 6.20 Å². The van der Waals surface area contributed by atoms with E-state index < -0.39 is 0 Å². The summed E-state index contributed by atoms with van der Waals surface area (Å²) in [7, 11) is 0. The van der Waals surface area contributed by atoms with Crippen molar-refractivity contribution in [3.05, 3.63) is 60.8 Å². The van der Waals surface area contributed by atoms with Gasteiger partial charge in [0.25, 0.3) is 0 Å². The molecule has 0 aliphatic heterocycles. The summed E-state index contributed by atoms with van der Waals surface area (Å²) in [6.07, 6.45) is 1.69. The van der Waals surface area contributed by atoms with Crippen molar-refractivity contribution in [1.29, 1.82) is 0 Å². The predicted molar refractivity (Wildman–Crippen MR) is 84.3 cm³/mol. The van der Waals surface area contributed by atoms with Crippen molar-refractivity contribution < 1.29 is 4.52 Å². The first-order valence-corrected chi connectivity index (χ1v) is 6.86. The minimum absolute atomic E-state index is 0.794. The van der Waals surface area contributed by atoms with Crippen LogP contribution in [0.2, 0.25) is 0 Å². The van der Waals surface area contributed by atoms with Crippen LogP contribution in [0, 0.1) is 0 Å².